The van der Waals surface area contributed by atoms with E-state index in [0.29, 0.717) is 13.1 Å². The van der Waals surface area contributed by atoms with Gasteiger partial charge in [0.15, 0.2) is 6.10 Å². The zero-order valence-corrected chi connectivity index (χ0v) is 13.9. The van der Waals surface area contributed by atoms with Crippen LogP contribution in [-0.2, 0) is 11.3 Å². The first kappa shape index (κ1) is 17.5. The molecule has 0 radical (unpaired) electrons. The molecule has 0 fully saturated rings. The van der Waals surface area contributed by atoms with Crippen LogP contribution in [0.15, 0.2) is 18.2 Å². The van der Waals surface area contributed by atoms with Crippen LogP contribution in [0.1, 0.15) is 38.8 Å². The first-order valence-corrected chi connectivity index (χ1v) is 7.79. The highest BCUT2D eigenvalue weighted by Gasteiger charge is 2.20. The van der Waals surface area contributed by atoms with Gasteiger partial charge in [0.05, 0.1) is 0 Å². The number of aryl methyl sites for hydroxylation is 1. The fourth-order valence-electron chi connectivity index (χ4n) is 2.25. The molecule has 0 aliphatic heterocycles. The largest absolute Gasteiger partial charge is 0.481 e. The summed E-state index contributed by atoms with van der Waals surface area (Å²) in [6, 6.07) is 6.07. The molecule has 0 saturated carbocycles. The van der Waals surface area contributed by atoms with Crippen molar-refractivity contribution in [3.63, 3.8) is 0 Å². The van der Waals surface area contributed by atoms with Gasteiger partial charge in [0.25, 0.3) is 5.91 Å². The maximum absolute atomic E-state index is 12.3. The zero-order chi connectivity index (χ0) is 15.8. The van der Waals surface area contributed by atoms with Crippen LogP contribution in [0.3, 0.4) is 0 Å². The highest BCUT2D eigenvalue weighted by atomic mass is 16.5. The van der Waals surface area contributed by atoms with E-state index < -0.39 is 6.10 Å². The molecular weight excluding hydrogens is 264 g/mol. The van der Waals surface area contributed by atoms with E-state index in [1.165, 1.54) is 5.56 Å². The molecule has 21 heavy (non-hydrogen) atoms. The van der Waals surface area contributed by atoms with Crippen molar-refractivity contribution in [1.29, 1.82) is 0 Å². The Balaban J connectivity index is 2.83. The number of nitrogens with one attached hydrogen (secondary N) is 1. The summed E-state index contributed by atoms with van der Waals surface area (Å²) in [5, 5.41) is 3.30. The standard InChI is InChI=1S/C17H28N2O2/c1-6-18-12-15-11-13(4)9-10-16(15)21-14(5)17(20)19(7-2)8-3/h9-11,14,18H,6-8,12H2,1-5H3. The average Bonchev–Trinajstić information content (AvgIpc) is 2.48. The highest BCUT2D eigenvalue weighted by molar-refractivity contribution is 5.80. The van der Waals surface area contributed by atoms with Crippen LogP contribution in [0.25, 0.3) is 0 Å². The van der Waals surface area contributed by atoms with Crippen LogP contribution in [-0.4, -0.2) is 36.5 Å². The van der Waals surface area contributed by atoms with Crippen LogP contribution in [0.4, 0.5) is 0 Å². The van der Waals surface area contributed by atoms with Crippen molar-refractivity contribution in [1.82, 2.24) is 10.2 Å². The van der Waals surface area contributed by atoms with Gasteiger partial charge < -0.3 is 15.0 Å². The minimum Gasteiger partial charge on any atom is -0.481 e. The fraction of sp³-hybridized carbons (Fsp3) is 0.588. The summed E-state index contributed by atoms with van der Waals surface area (Å²) in [5.41, 5.74) is 2.29. The number of amides is 1. The number of hydrogen-bond acceptors (Lipinski definition) is 3. The molecule has 4 nitrogen and oxygen atoms in total. The Kier molecular flexibility index (Phi) is 7.23. The highest BCUT2D eigenvalue weighted by Crippen LogP contribution is 2.21. The third-order valence-electron chi connectivity index (χ3n) is 3.51. The Hall–Kier alpha value is -1.55. The van der Waals surface area contributed by atoms with Gasteiger partial charge >= 0.3 is 0 Å². The van der Waals surface area contributed by atoms with Gasteiger partial charge in [-0.1, -0.05) is 24.6 Å². The van der Waals surface area contributed by atoms with E-state index in [1.54, 1.807) is 4.90 Å². The van der Waals surface area contributed by atoms with Crippen molar-refractivity contribution in [3.8, 4) is 5.75 Å². The molecule has 0 spiro atoms. The number of carbonyl (C=O) groups is 1. The summed E-state index contributed by atoms with van der Waals surface area (Å²) in [7, 11) is 0. The molecule has 0 bridgehead atoms. The van der Waals surface area contributed by atoms with Crippen molar-refractivity contribution in [2.45, 2.75) is 47.3 Å². The fourth-order valence-corrected chi connectivity index (χ4v) is 2.25. The van der Waals surface area contributed by atoms with Crippen LogP contribution in [0.5, 0.6) is 5.75 Å². The number of ether oxygens (including phenoxy) is 1. The van der Waals surface area contributed by atoms with Crippen LogP contribution in [0, 0.1) is 6.92 Å². The second-order valence-electron chi connectivity index (χ2n) is 5.16. The molecule has 1 N–H and O–H groups in total. The van der Waals surface area contributed by atoms with Crippen molar-refractivity contribution in [3.05, 3.63) is 29.3 Å². The lowest BCUT2D eigenvalue weighted by molar-refractivity contribution is -0.137. The van der Waals surface area contributed by atoms with Crippen LogP contribution < -0.4 is 10.1 Å². The lowest BCUT2D eigenvalue weighted by Gasteiger charge is -2.24. The second kappa shape index (κ2) is 8.67. The first-order chi connectivity index (χ1) is 10.0. The lowest BCUT2D eigenvalue weighted by Crippen LogP contribution is -2.40. The van der Waals surface area contributed by atoms with Gasteiger partial charge in [0, 0.05) is 25.2 Å². The van der Waals surface area contributed by atoms with Crippen LogP contribution >= 0.6 is 0 Å². The van der Waals surface area contributed by atoms with Gasteiger partial charge in [-0.25, -0.2) is 0 Å². The van der Waals surface area contributed by atoms with E-state index in [1.807, 2.05) is 32.9 Å². The average molecular weight is 292 g/mol. The van der Waals surface area contributed by atoms with Crippen molar-refractivity contribution in [2.24, 2.45) is 0 Å². The molecule has 1 unspecified atom stereocenters. The van der Waals surface area contributed by atoms with Gasteiger partial charge in [-0.2, -0.15) is 0 Å². The predicted octanol–water partition coefficient (Wildman–Crippen LogP) is 2.74. The Labute approximate surface area is 128 Å². The SMILES string of the molecule is CCNCc1cc(C)ccc1OC(C)C(=O)N(CC)CC. The summed E-state index contributed by atoms with van der Waals surface area (Å²) in [4.78, 5) is 14.1. The predicted molar refractivity (Wildman–Crippen MR) is 86.6 cm³/mol. The monoisotopic (exact) mass is 292 g/mol. The first-order valence-electron chi connectivity index (χ1n) is 7.79. The van der Waals surface area contributed by atoms with Gasteiger partial charge in [-0.15, -0.1) is 0 Å². The van der Waals surface area contributed by atoms with Gasteiger partial charge in [0.1, 0.15) is 5.75 Å². The number of carbonyl (C=O) groups excluding carboxylic acids is 1. The number of likely N-dealkylation sites (N-methyl/N-ethyl adjacent to an activating group) is 1. The quantitative estimate of drug-likeness (QED) is 0.801. The Morgan fingerprint density at radius 2 is 1.95 bits per heavy atom. The molecule has 0 aliphatic rings. The molecule has 0 aromatic heterocycles. The minimum absolute atomic E-state index is 0.0370. The number of benzene rings is 1. The summed E-state index contributed by atoms with van der Waals surface area (Å²) >= 11 is 0. The van der Waals surface area contributed by atoms with E-state index in [4.69, 9.17) is 4.74 Å². The molecule has 1 aromatic carbocycles. The van der Waals surface area contributed by atoms with Gasteiger partial charge in [-0.3, -0.25) is 4.79 Å². The zero-order valence-electron chi connectivity index (χ0n) is 13.9. The summed E-state index contributed by atoms with van der Waals surface area (Å²) < 4.78 is 5.91. The van der Waals surface area contributed by atoms with E-state index in [9.17, 15) is 4.79 Å². The number of nitrogens with zero attached hydrogens (tertiary/aromatic N) is 1. The second-order valence-corrected chi connectivity index (χ2v) is 5.16. The molecule has 0 heterocycles. The summed E-state index contributed by atoms with van der Waals surface area (Å²) in [6.45, 7) is 13.0. The van der Waals surface area contributed by atoms with Crippen molar-refractivity contribution < 1.29 is 9.53 Å². The Bertz CT molecular complexity index is 456. The summed E-state index contributed by atoms with van der Waals surface area (Å²) in [6.07, 6.45) is -0.465. The molecular formula is C17H28N2O2. The minimum atomic E-state index is -0.465. The third kappa shape index (κ3) is 5.05. The molecule has 1 aromatic rings. The van der Waals surface area contributed by atoms with Gasteiger partial charge in [-0.05, 0) is 40.3 Å². The maximum atomic E-state index is 12.3. The molecule has 1 atom stereocenters. The Morgan fingerprint density at radius 3 is 2.52 bits per heavy atom. The normalized spacial score (nSPS) is 12.0. The Morgan fingerprint density at radius 1 is 1.29 bits per heavy atom. The molecule has 4 heteroatoms. The van der Waals surface area contributed by atoms with Crippen LogP contribution in [0.2, 0.25) is 0 Å². The number of rotatable bonds is 8. The van der Waals surface area contributed by atoms with E-state index >= 15 is 0 Å². The molecule has 1 amide bonds. The molecule has 118 valence electrons. The van der Waals surface area contributed by atoms with Crippen molar-refractivity contribution >= 4 is 5.91 Å². The number of hydrogen-bond donors (Lipinski definition) is 1. The molecule has 1 rings (SSSR count). The molecule has 0 saturated heterocycles. The summed E-state index contributed by atoms with van der Waals surface area (Å²) in [5.74, 6) is 0.824. The van der Waals surface area contributed by atoms with Gasteiger partial charge in [0.2, 0.25) is 0 Å². The topological polar surface area (TPSA) is 41.6 Å². The lowest BCUT2D eigenvalue weighted by atomic mass is 10.1. The molecule has 0 aliphatic carbocycles. The van der Waals surface area contributed by atoms with E-state index in [0.717, 1.165) is 24.4 Å². The third-order valence-corrected chi connectivity index (χ3v) is 3.51. The van der Waals surface area contributed by atoms with Crippen molar-refractivity contribution in [2.75, 3.05) is 19.6 Å². The van der Waals surface area contributed by atoms with E-state index in [-0.39, 0.29) is 5.91 Å². The maximum Gasteiger partial charge on any atom is 0.263 e. The smallest absolute Gasteiger partial charge is 0.263 e. The van der Waals surface area contributed by atoms with E-state index in [2.05, 4.69) is 25.2 Å².